The molecule has 6 nitrogen and oxygen atoms in total. The zero-order valence-corrected chi connectivity index (χ0v) is 17.5. The summed E-state index contributed by atoms with van der Waals surface area (Å²) in [6.07, 6.45) is 0. The molecule has 0 bridgehead atoms. The van der Waals surface area contributed by atoms with Gasteiger partial charge in [-0.1, -0.05) is 46.7 Å². The molecule has 0 aliphatic carbocycles. The van der Waals surface area contributed by atoms with E-state index in [1.54, 1.807) is 31.2 Å². The maximum Gasteiger partial charge on any atom is 0.360 e. The van der Waals surface area contributed by atoms with Crippen molar-refractivity contribution in [1.82, 2.24) is 0 Å². The SMILES string of the molecule is CO/N=C(/C(=O)OC)c1cccc(C)c1CO/N=C(\C)c1cccc(C(C)(F)F)c1. The Kier molecular flexibility index (Phi) is 7.63. The summed E-state index contributed by atoms with van der Waals surface area (Å²) >= 11 is 0. The predicted molar refractivity (Wildman–Crippen MR) is 110 cm³/mol. The Balaban J connectivity index is 2.28. The Morgan fingerprint density at radius 1 is 1.10 bits per heavy atom. The minimum absolute atomic E-state index is 0.000815. The number of ether oxygens (including phenoxy) is 1. The number of esters is 1. The van der Waals surface area contributed by atoms with Crippen molar-refractivity contribution in [2.45, 2.75) is 33.3 Å². The van der Waals surface area contributed by atoms with Crippen LogP contribution in [0.3, 0.4) is 0 Å². The van der Waals surface area contributed by atoms with Crippen molar-refractivity contribution in [2.24, 2.45) is 10.3 Å². The maximum absolute atomic E-state index is 13.6. The van der Waals surface area contributed by atoms with Crippen LogP contribution in [0.5, 0.6) is 0 Å². The van der Waals surface area contributed by atoms with Crippen LogP contribution in [0.15, 0.2) is 52.8 Å². The molecule has 160 valence electrons. The third-order valence-corrected chi connectivity index (χ3v) is 4.42. The molecule has 2 aromatic carbocycles. The van der Waals surface area contributed by atoms with Crippen molar-refractivity contribution in [3.05, 3.63) is 70.3 Å². The molecule has 0 unspecified atom stereocenters. The van der Waals surface area contributed by atoms with Crippen molar-refractivity contribution in [3.63, 3.8) is 0 Å². The normalized spacial score (nSPS) is 12.5. The lowest BCUT2D eigenvalue weighted by Gasteiger charge is -2.13. The molecule has 8 heteroatoms. The third-order valence-electron chi connectivity index (χ3n) is 4.42. The number of hydrogen-bond acceptors (Lipinski definition) is 6. The standard InChI is InChI=1S/C22H24F2N2O4/c1-14-8-6-11-18(20(26-29-5)21(27)28-4)19(14)13-30-25-15(2)16-9-7-10-17(12-16)22(3,23)24/h6-12H,13H2,1-5H3/b25-15+,26-20+. The highest BCUT2D eigenvalue weighted by molar-refractivity contribution is 6.43. The average molecular weight is 418 g/mol. The molecule has 0 saturated heterocycles. The summed E-state index contributed by atoms with van der Waals surface area (Å²) < 4.78 is 31.9. The molecule has 0 aromatic heterocycles. The van der Waals surface area contributed by atoms with Gasteiger partial charge in [-0.3, -0.25) is 0 Å². The second kappa shape index (κ2) is 9.96. The highest BCUT2D eigenvalue weighted by Gasteiger charge is 2.24. The first-order valence-corrected chi connectivity index (χ1v) is 9.12. The highest BCUT2D eigenvalue weighted by atomic mass is 19.3. The quantitative estimate of drug-likeness (QED) is 0.358. The van der Waals surface area contributed by atoms with Gasteiger partial charge in [-0.25, -0.2) is 13.6 Å². The Morgan fingerprint density at radius 3 is 2.43 bits per heavy atom. The lowest BCUT2D eigenvalue weighted by Crippen LogP contribution is -2.20. The molecule has 0 spiro atoms. The Morgan fingerprint density at radius 2 is 1.80 bits per heavy atom. The summed E-state index contributed by atoms with van der Waals surface area (Å²) in [5, 5.41) is 7.82. The van der Waals surface area contributed by atoms with Crippen molar-refractivity contribution >= 4 is 17.4 Å². The minimum atomic E-state index is -2.95. The van der Waals surface area contributed by atoms with Crippen molar-refractivity contribution in [1.29, 1.82) is 0 Å². The second-order valence-electron chi connectivity index (χ2n) is 6.63. The Labute approximate surface area is 174 Å². The molecule has 0 N–H and O–H groups in total. The lowest BCUT2D eigenvalue weighted by molar-refractivity contribution is -0.132. The Hall–Kier alpha value is -3.29. The topological polar surface area (TPSA) is 69.5 Å². The van der Waals surface area contributed by atoms with Gasteiger partial charge in [0, 0.05) is 23.6 Å². The van der Waals surface area contributed by atoms with Gasteiger partial charge in [0.2, 0.25) is 0 Å². The van der Waals surface area contributed by atoms with Gasteiger partial charge in [0.15, 0.2) is 5.71 Å². The average Bonchev–Trinajstić information content (AvgIpc) is 2.72. The van der Waals surface area contributed by atoms with E-state index >= 15 is 0 Å². The van der Waals surface area contributed by atoms with E-state index in [0.29, 0.717) is 22.4 Å². The van der Waals surface area contributed by atoms with Gasteiger partial charge in [-0.2, -0.15) is 0 Å². The summed E-state index contributed by atoms with van der Waals surface area (Å²) in [5.74, 6) is -3.60. The van der Waals surface area contributed by atoms with E-state index in [2.05, 4.69) is 10.3 Å². The Bertz CT molecular complexity index is 966. The molecular formula is C22H24F2N2O4. The molecule has 0 atom stereocenters. The van der Waals surface area contributed by atoms with Crippen LogP contribution in [0, 0.1) is 6.92 Å². The van der Waals surface area contributed by atoms with E-state index in [9.17, 15) is 13.6 Å². The molecule has 0 heterocycles. The van der Waals surface area contributed by atoms with Crippen LogP contribution in [-0.4, -0.2) is 31.6 Å². The fraction of sp³-hybridized carbons (Fsp3) is 0.318. The minimum Gasteiger partial charge on any atom is -0.464 e. The summed E-state index contributed by atoms with van der Waals surface area (Å²) in [6, 6.07) is 11.3. The molecule has 2 rings (SSSR count). The zero-order valence-electron chi connectivity index (χ0n) is 17.5. The van der Waals surface area contributed by atoms with Gasteiger partial charge in [0.25, 0.3) is 5.92 Å². The van der Waals surface area contributed by atoms with Crippen LogP contribution in [0.25, 0.3) is 0 Å². The van der Waals surface area contributed by atoms with E-state index in [4.69, 9.17) is 14.4 Å². The van der Waals surface area contributed by atoms with Gasteiger partial charge in [-0.05, 0) is 31.0 Å². The summed E-state index contributed by atoms with van der Waals surface area (Å²) in [7, 11) is 2.58. The first kappa shape index (κ1) is 23.0. The number of rotatable bonds is 8. The van der Waals surface area contributed by atoms with Gasteiger partial charge in [0.05, 0.1) is 12.8 Å². The van der Waals surface area contributed by atoms with E-state index in [-0.39, 0.29) is 17.9 Å². The first-order valence-electron chi connectivity index (χ1n) is 9.12. The van der Waals surface area contributed by atoms with E-state index in [0.717, 1.165) is 12.5 Å². The number of halogens is 2. The molecule has 0 amide bonds. The largest absolute Gasteiger partial charge is 0.464 e. The smallest absolute Gasteiger partial charge is 0.360 e. The number of aryl methyl sites for hydroxylation is 1. The zero-order chi connectivity index (χ0) is 22.3. The van der Waals surface area contributed by atoms with E-state index in [1.165, 1.54) is 26.4 Å². The van der Waals surface area contributed by atoms with Crippen molar-refractivity contribution in [2.75, 3.05) is 14.2 Å². The molecule has 0 saturated carbocycles. The van der Waals surface area contributed by atoms with Crippen LogP contribution < -0.4 is 0 Å². The molecule has 0 aliphatic rings. The number of oxime groups is 2. The second-order valence-corrected chi connectivity index (χ2v) is 6.63. The molecule has 0 radical (unpaired) electrons. The highest BCUT2D eigenvalue weighted by Crippen LogP contribution is 2.27. The van der Waals surface area contributed by atoms with E-state index in [1.807, 2.05) is 13.0 Å². The van der Waals surface area contributed by atoms with Crippen molar-refractivity contribution in [3.8, 4) is 0 Å². The fourth-order valence-electron chi connectivity index (χ4n) is 2.76. The predicted octanol–water partition coefficient (Wildman–Crippen LogP) is 4.57. The number of hydrogen-bond donors (Lipinski definition) is 0. The van der Waals surface area contributed by atoms with Gasteiger partial charge >= 0.3 is 5.97 Å². The maximum atomic E-state index is 13.6. The first-order chi connectivity index (χ1) is 14.2. The van der Waals surface area contributed by atoms with Gasteiger partial charge < -0.3 is 14.4 Å². The molecule has 0 fully saturated rings. The number of methoxy groups -OCH3 is 1. The van der Waals surface area contributed by atoms with Gasteiger partial charge in [0.1, 0.15) is 13.7 Å². The van der Waals surface area contributed by atoms with Crippen molar-refractivity contribution < 1.29 is 28.0 Å². The molecule has 30 heavy (non-hydrogen) atoms. The molecule has 2 aromatic rings. The number of benzene rings is 2. The fourth-order valence-corrected chi connectivity index (χ4v) is 2.76. The van der Waals surface area contributed by atoms with E-state index < -0.39 is 11.9 Å². The van der Waals surface area contributed by atoms with Crippen LogP contribution >= 0.6 is 0 Å². The van der Waals surface area contributed by atoms with Crippen LogP contribution in [0.4, 0.5) is 8.78 Å². The van der Waals surface area contributed by atoms with Gasteiger partial charge in [-0.15, -0.1) is 0 Å². The number of alkyl halides is 2. The third kappa shape index (κ3) is 5.62. The van der Waals surface area contributed by atoms with Crippen LogP contribution in [0.1, 0.15) is 41.7 Å². The number of nitrogens with zero attached hydrogens (tertiary/aromatic N) is 2. The number of carbonyl (C=O) groups is 1. The monoisotopic (exact) mass is 418 g/mol. The van der Waals surface area contributed by atoms with Crippen LogP contribution in [-0.2, 0) is 31.7 Å². The lowest BCUT2D eigenvalue weighted by atomic mass is 9.99. The number of carbonyl (C=O) groups excluding carboxylic acids is 1. The molecular weight excluding hydrogens is 394 g/mol. The summed E-state index contributed by atoms with van der Waals surface area (Å²) in [6.45, 7) is 4.39. The molecule has 0 aliphatic heterocycles. The summed E-state index contributed by atoms with van der Waals surface area (Å²) in [4.78, 5) is 22.3. The van der Waals surface area contributed by atoms with Crippen LogP contribution in [0.2, 0.25) is 0 Å². The summed E-state index contributed by atoms with van der Waals surface area (Å²) in [5.41, 5.74) is 2.87.